The van der Waals surface area contributed by atoms with Crippen LogP contribution >= 0.6 is 7.82 Å². The van der Waals surface area contributed by atoms with Crippen LogP contribution in [0.1, 0.15) is 213 Å². The van der Waals surface area contributed by atoms with Crippen LogP contribution in [-0.2, 0) is 27.9 Å². The summed E-state index contributed by atoms with van der Waals surface area (Å²) < 4.78 is 30.5. The Kier molecular flexibility index (Phi) is 44.9. The van der Waals surface area contributed by atoms with E-state index in [4.69, 9.17) is 13.8 Å². The first-order chi connectivity index (χ1) is 32.4. The predicted octanol–water partition coefficient (Wildman–Crippen LogP) is 15.9. The molecule has 3 atom stereocenters. The average Bonchev–Trinajstić information content (AvgIpc) is 3.28. The van der Waals surface area contributed by atoms with E-state index in [1.807, 2.05) is 33.3 Å². The maximum absolute atomic E-state index is 13.4. The number of carbonyl (C=O) groups excluding carboxylic acids is 2. The zero-order valence-corrected chi connectivity index (χ0v) is 44.8. The molecule has 0 heterocycles. The fraction of sp³-hybridized carbons (Fsp3) is 0.719. The molecule has 67 heavy (non-hydrogen) atoms. The second-order valence-electron chi connectivity index (χ2n) is 19.0. The van der Waals surface area contributed by atoms with Crippen molar-refractivity contribution in [1.82, 2.24) is 5.32 Å². The lowest BCUT2D eigenvalue weighted by molar-refractivity contribution is -0.870. The van der Waals surface area contributed by atoms with Crippen molar-refractivity contribution in [3.63, 3.8) is 0 Å². The van der Waals surface area contributed by atoms with Gasteiger partial charge >= 0.3 is 13.8 Å². The number of carbonyl (C=O) groups is 2. The number of allylic oxidation sites excluding steroid dienone is 13. The van der Waals surface area contributed by atoms with Gasteiger partial charge in [0.25, 0.3) is 0 Å². The third-order valence-electron chi connectivity index (χ3n) is 11.3. The van der Waals surface area contributed by atoms with E-state index in [0.717, 1.165) is 116 Å². The molecule has 0 spiro atoms. The smallest absolute Gasteiger partial charge is 0.456 e. The second-order valence-corrected chi connectivity index (χ2v) is 20.5. The summed E-state index contributed by atoms with van der Waals surface area (Å²) in [4.78, 5) is 37.4. The van der Waals surface area contributed by atoms with E-state index < -0.39 is 20.0 Å². The van der Waals surface area contributed by atoms with Crippen LogP contribution in [0.25, 0.3) is 0 Å². The van der Waals surface area contributed by atoms with Crippen LogP contribution in [0.5, 0.6) is 0 Å². The van der Waals surface area contributed by atoms with E-state index in [0.29, 0.717) is 23.9 Å². The fourth-order valence-electron chi connectivity index (χ4n) is 7.12. The normalized spacial score (nSPS) is 14.6. The molecule has 0 aromatic carbocycles. The van der Waals surface area contributed by atoms with Crippen LogP contribution in [0.2, 0.25) is 0 Å². The number of hydrogen-bond donors (Lipinski definition) is 2. The van der Waals surface area contributed by atoms with Gasteiger partial charge < -0.3 is 19.4 Å². The van der Waals surface area contributed by atoms with Gasteiger partial charge in [-0.3, -0.25) is 18.6 Å². The number of esters is 1. The Labute approximate surface area is 412 Å². The van der Waals surface area contributed by atoms with Crippen LogP contribution in [0.4, 0.5) is 0 Å². The lowest BCUT2D eigenvalue weighted by atomic mass is 10.1. The van der Waals surface area contributed by atoms with Crippen molar-refractivity contribution in [1.29, 1.82) is 0 Å². The Morgan fingerprint density at radius 3 is 1.51 bits per heavy atom. The van der Waals surface area contributed by atoms with Crippen LogP contribution in [0.3, 0.4) is 0 Å². The summed E-state index contributed by atoms with van der Waals surface area (Å²) in [5.41, 5.74) is 0. The highest BCUT2D eigenvalue weighted by Gasteiger charge is 2.30. The maximum Gasteiger partial charge on any atom is 0.472 e. The largest absolute Gasteiger partial charge is 0.472 e. The molecule has 0 bridgehead atoms. The first-order valence-electron chi connectivity index (χ1n) is 26.9. The highest BCUT2D eigenvalue weighted by Crippen LogP contribution is 2.43. The second kappa shape index (κ2) is 46.9. The van der Waals surface area contributed by atoms with Crippen molar-refractivity contribution in [2.45, 2.75) is 226 Å². The lowest BCUT2D eigenvalue weighted by Crippen LogP contribution is -2.47. The average molecular weight is 958 g/mol. The van der Waals surface area contributed by atoms with Crippen molar-refractivity contribution in [3.8, 4) is 0 Å². The zero-order valence-electron chi connectivity index (χ0n) is 43.9. The number of unbranched alkanes of at least 4 members (excludes halogenated alkanes) is 19. The van der Waals surface area contributed by atoms with Gasteiger partial charge in [0, 0.05) is 12.8 Å². The van der Waals surface area contributed by atoms with Crippen LogP contribution in [0.15, 0.2) is 85.1 Å². The Hall–Kier alpha value is -2.81. The molecule has 1 amide bonds. The minimum atomic E-state index is -4.45. The number of rotatable bonds is 47. The highest BCUT2D eigenvalue weighted by molar-refractivity contribution is 7.47. The Balaban J connectivity index is 5.41. The number of quaternary nitrogens is 1. The van der Waals surface area contributed by atoms with E-state index in [9.17, 15) is 19.0 Å². The number of phosphoric ester groups is 1. The molecule has 0 aliphatic carbocycles. The number of hydrogen-bond acceptors (Lipinski definition) is 6. The van der Waals surface area contributed by atoms with Crippen LogP contribution < -0.4 is 5.32 Å². The molecule has 0 aromatic rings. The van der Waals surface area contributed by atoms with Crippen molar-refractivity contribution in [2.24, 2.45) is 0 Å². The Morgan fingerprint density at radius 2 is 0.970 bits per heavy atom. The minimum Gasteiger partial charge on any atom is -0.456 e. The topological polar surface area (TPSA) is 111 Å². The summed E-state index contributed by atoms with van der Waals surface area (Å²) in [7, 11) is 1.46. The molecule has 10 heteroatoms. The van der Waals surface area contributed by atoms with Crippen LogP contribution in [0, 0.1) is 0 Å². The quantitative estimate of drug-likeness (QED) is 0.0205. The molecule has 0 aliphatic heterocycles. The summed E-state index contributed by atoms with van der Waals surface area (Å²) >= 11 is 0. The van der Waals surface area contributed by atoms with Gasteiger partial charge in [0.1, 0.15) is 19.3 Å². The third-order valence-corrected chi connectivity index (χ3v) is 12.3. The van der Waals surface area contributed by atoms with Crippen molar-refractivity contribution >= 4 is 19.7 Å². The molecule has 0 aromatic heterocycles. The number of nitrogens with one attached hydrogen (secondary N) is 1. The maximum atomic E-state index is 13.4. The monoisotopic (exact) mass is 958 g/mol. The summed E-state index contributed by atoms with van der Waals surface area (Å²) in [5, 5.41) is 3.02. The van der Waals surface area contributed by atoms with Gasteiger partial charge in [-0.1, -0.05) is 190 Å². The summed E-state index contributed by atoms with van der Waals surface area (Å²) in [6.45, 7) is 6.80. The number of likely N-dealkylation sites (N-methyl/N-ethyl adjacent to an activating group) is 1. The lowest BCUT2D eigenvalue weighted by Gasteiger charge is -2.27. The van der Waals surface area contributed by atoms with E-state index >= 15 is 0 Å². The number of ether oxygens (including phenoxy) is 1. The Bertz CT molecular complexity index is 1430. The molecule has 0 aliphatic rings. The summed E-state index contributed by atoms with van der Waals surface area (Å²) in [6, 6.07) is -0.867. The molecular formula is C57H102N2O7P+. The van der Waals surface area contributed by atoms with E-state index in [1.54, 1.807) is 0 Å². The molecule has 0 fully saturated rings. The van der Waals surface area contributed by atoms with Crippen LogP contribution in [-0.4, -0.2) is 74.3 Å². The van der Waals surface area contributed by atoms with E-state index in [2.05, 4.69) is 99.0 Å². The van der Waals surface area contributed by atoms with E-state index in [-0.39, 0.29) is 31.5 Å². The first kappa shape index (κ1) is 64.2. The third kappa shape index (κ3) is 48.0. The molecule has 0 rings (SSSR count). The predicted molar refractivity (Wildman–Crippen MR) is 286 cm³/mol. The standard InChI is InChI=1S/C57H101N2O7P/c1-7-10-13-16-19-22-25-26-27-28-29-30-31-32-35-38-41-44-47-50-57(61)66-55(48-45-42-39-36-33-23-20-17-14-11-8-2)54(53-65-67(62,63)64-52-51-59(4,5)6)58-56(60)49-46-43-40-37-34-24-21-18-15-12-9-3/h10,13,18-19,21-22,26-27,29-30,32,35,45,48,54-55H,7-9,11-12,14-17,20,23-25,28,31,33-34,36-44,46-47,49-53H2,1-6H3,(H-,58,60,62,63)/p+1/b13-10-,21-18-,22-19-,27-26-,30-29-,35-32-,48-45-. The Morgan fingerprint density at radius 1 is 0.537 bits per heavy atom. The molecule has 386 valence electrons. The summed E-state index contributed by atoms with van der Waals surface area (Å²) in [6.07, 6.45) is 60.1. The van der Waals surface area contributed by atoms with Crippen molar-refractivity contribution in [2.75, 3.05) is 40.9 Å². The zero-order chi connectivity index (χ0) is 49.4. The highest BCUT2D eigenvalue weighted by atomic mass is 31.2. The van der Waals surface area contributed by atoms with Gasteiger partial charge in [0.2, 0.25) is 5.91 Å². The van der Waals surface area contributed by atoms with Crippen molar-refractivity contribution < 1.29 is 37.3 Å². The van der Waals surface area contributed by atoms with Gasteiger partial charge in [0.15, 0.2) is 0 Å². The molecule has 3 unspecified atom stereocenters. The molecule has 9 nitrogen and oxygen atoms in total. The number of amides is 1. The molecular weight excluding hydrogens is 856 g/mol. The summed E-state index contributed by atoms with van der Waals surface area (Å²) in [5.74, 6) is -0.562. The molecule has 0 saturated carbocycles. The molecule has 0 saturated heterocycles. The van der Waals surface area contributed by atoms with Gasteiger partial charge in [0.05, 0.1) is 33.8 Å². The van der Waals surface area contributed by atoms with Gasteiger partial charge in [-0.05, 0) is 96.0 Å². The van der Waals surface area contributed by atoms with Gasteiger partial charge in [-0.25, -0.2) is 4.57 Å². The minimum absolute atomic E-state index is 0.0294. The number of nitrogens with zero attached hydrogens (tertiary/aromatic N) is 1. The van der Waals surface area contributed by atoms with Crippen molar-refractivity contribution in [3.05, 3.63) is 85.1 Å². The van der Waals surface area contributed by atoms with Gasteiger partial charge in [-0.15, -0.1) is 0 Å². The first-order valence-corrected chi connectivity index (χ1v) is 28.4. The SMILES string of the molecule is CC/C=C\C/C=C\C/C=C\C/C=C\C/C=C\CCCCCC(=O)OC(/C=C\CCCCCCCCCCC)C(COP(=O)(O)OCC[N+](C)(C)C)NC(=O)CCCCCCC/C=C\CCCC. The fourth-order valence-corrected chi connectivity index (χ4v) is 7.86. The van der Waals surface area contributed by atoms with Gasteiger partial charge in [-0.2, -0.15) is 0 Å². The molecule has 2 N–H and O–H groups in total. The molecule has 0 radical (unpaired) electrons. The number of phosphoric acid groups is 1. The van der Waals surface area contributed by atoms with E-state index in [1.165, 1.54) is 57.8 Å².